The van der Waals surface area contributed by atoms with Crippen molar-refractivity contribution in [3.8, 4) is 22.5 Å². The van der Waals surface area contributed by atoms with E-state index >= 15 is 0 Å². The summed E-state index contributed by atoms with van der Waals surface area (Å²) in [6.45, 7) is 0. The fourth-order valence-corrected chi connectivity index (χ4v) is 2.82. The summed E-state index contributed by atoms with van der Waals surface area (Å²) in [5, 5.41) is 0.691. The van der Waals surface area contributed by atoms with Gasteiger partial charge in [-0.15, -0.1) is 0 Å². The van der Waals surface area contributed by atoms with E-state index in [1.165, 1.54) is 0 Å². The molecule has 0 unspecified atom stereocenters. The van der Waals surface area contributed by atoms with E-state index in [9.17, 15) is 0 Å². The summed E-state index contributed by atoms with van der Waals surface area (Å²) in [4.78, 5) is 9.69. The van der Waals surface area contributed by atoms with E-state index in [0.29, 0.717) is 5.02 Å². The topological polar surface area (TPSA) is 25.8 Å². The van der Waals surface area contributed by atoms with Crippen molar-refractivity contribution in [1.29, 1.82) is 0 Å². The molecule has 0 spiro atoms. The average molecular weight is 317 g/mol. The predicted octanol–water partition coefficient (Wildman–Crippen LogP) is 5.62. The zero-order valence-corrected chi connectivity index (χ0v) is 13.0. The molecule has 1 heterocycles. The van der Waals surface area contributed by atoms with E-state index in [4.69, 9.17) is 21.6 Å². The van der Waals surface area contributed by atoms with Crippen molar-refractivity contribution in [2.45, 2.75) is 0 Å². The van der Waals surface area contributed by atoms with Crippen LogP contribution in [0, 0.1) is 0 Å². The molecule has 0 saturated heterocycles. The molecule has 0 fully saturated rings. The fraction of sp³-hybridized carbons (Fsp3) is 0. The number of halogens is 1. The normalized spacial score (nSPS) is 10.8. The van der Waals surface area contributed by atoms with E-state index < -0.39 is 0 Å². The van der Waals surface area contributed by atoms with Crippen LogP contribution in [0.5, 0.6) is 0 Å². The first-order valence-corrected chi connectivity index (χ1v) is 7.77. The molecule has 0 bridgehead atoms. The molecule has 2 nitrogen and oxygen atoms in total. The Labute approximate surface area is 139 Å². The second-order valence-electron chi connectivity index (χ2n) is 5.29. The average Bonchev–Trinajstić information content (AvgIpc) is 2.61. The van der Waals surface area contributed by atoms with Crippen LogP contribution in [0.3, 0.4) is 0 Å². The van der Waals surface area contributed by atoms with Gasteiger partial charge in [0.2, 0.25) is 0 Å². The Hall–Kier alpha value is -2.71. The number of hydrogen-bond donors (Lipinski definition) is 0. The maximum Gasteiger partial charge on any atom is 0.0973 e. The molecule has 23 heavy (non-hydrogen) atoms. The number of rotatable bonds is 2. The van der Waals surface area contributed by atoms with Crippen LogP contribution in [-0.4, -0.2) is 9.97 Å². The van der Waals surface area contributed by atoms with Crippen molar-refractivity contribution >= 4 is 22.6 Å². The second kappa shape index (κ2) is 5.82. The van der Waals surface area contributed by atoms with Gasteiger partial charge in [0.15, 0.2) is 0 Å². The lowest BCUT2D eigenvalue weighted by Crippen LogP contribution is -1.95. The minimum Gasteiger partial charge on any atom is -0.244 e. The lowest BCUT2D eigenvalue weighted by atomic mass is 10.0. The highest BCUT2D eigenvalue weighted by Gasteiger charge is 2.13. The van der Waals surface area contributed by atoms with Gasteiger partial charge in [0.25, 0.3) is 0 Å². The highest BCUT2D eigenvalue weighted by Crippen LogP contribution is 2.31. The Morgan fingerprint density at radius 1 is 0.565 bits per heavy atom. The summed E-state index contributed by atoms with van der Waals surface area (Å²) >= 11 is 6.16. The van der Waals surface area contributed by atoms with Gasteiger partial charge in [0, 0.05) is 16.1 Å². The Morgan fingerprint density at radius 2 is 1.13 bits per heavy atom. The number of aromatic nitrogens is 2. The van der Waals surface area contributed by atoms with Gasteiger partial charge in [-0.1, -0.05) is 66.2 Å². The first-order valence-electron chi connectivity index (χ1n) is 7.39. The zero-order chi connectivity index (χ0) is 15.6. The summed E-state index contributed by atoms with van der Waals surface area (Å²) in [6, 6.07) is 25.8. The highest BCUT2D eigenvalue weighted by molar-refractivity contribution is 6.30. The number of nitrogens with zero attached hydrogens (tertiary/aromatic N) is 2. The summed E-state index contributed by atoms with van der Waals surface area (Å²) < 4.78 is 0. The molecule has 0 N–H and O–H groups in total. The van der Waals surface area contributed by atoms with Crippen molar-refractivity contribution in [2.75, 3.05) is 0 Å². The highest BCUT2D eigenvalue weighted by atomic mass is 35.5. The van der Waals surface area contributed by atoms with Crippen LogP contribution in [0.4, 0.5) is 0 Å². The molecule has 3 heteroatoms. The third-order valence-electron chi connectivity index (χ3n) is 3.72. The number of fused-ring (bicyclic) bond motifs is 1. The van der Waals surface area contributed by atoms with Crippen molar-refractivity contribution in [3.63, 3.8) is 0 Å². The Bertz CT molecular complexity index is 981. The first-order chi connectivity index (χ1) is 11.3. The summed E-state index contributed by atoms with van der Waals surface area (Å²) in [5.41, 5.74) is 5.48. The fourth-order valence-electron chi connectivity index (χ4n) is 2.63. The predicted molar refractivity (Wildman–Crippen MR) is 95.4 cm³/mol. The van der Waals surface area contributed by atoms with Crippen LogP contribution < -0.4 is 0 Å². The van der Waals surface area contributed by atoms with Crippen LogP contribution in [0.15, 0.2) is 78.9 Å². The summed E-state index contributed by atoms with van der Waals surface area (Å²) in [5.74, 6) is 0. The summed E-state index contributed by atoms with van der Waals surface area (Å²) in [6.07, 6.45) is 0. The molecule has 0 radical (unpaired) electrons. The zero-order valence-electron chi connectivity index (χ0n) is 12.3. The van der Waals surface area contributed by atoms with Gasteiger partial charge < -0.3 is 0 Å². The van der Waals surface area contributed by atoms with Crippen LogP contribution in [0.1, 0.15) is 0 Å². The molecular weight excluding hydrogens is 304 g/mol. The molecule has 0 saturated carbocycles. The maximum absolute atomic E-state index is 6.16. The molecule has 4 rings (SSSR count). The molecule has 0 aliphatic rings. The minimum atomic E-state index is 0.691. The minimum absolute atomic E-state index is 0.691. The molecule has 110 valence electrons. The SMILES string of the molecule is Clc1cccc(-c2nc3ccccc3nc2-c2ccccc2)c1. The second-order valence-corrected chi connectivity index (χ2v) is 5.72. The Balaban J connectivity index is 2.04. The van der Waals surface area contributed by atoms with Gasteiger partial charge in [-0.2, -0.15) is 0 Å². The number of hydrogen-bond acceptors (Lipinski definition) is 2. The quantitative estimate of drug-likeness (QED) is 0.480. The van der Waals surface area contributed by atoms with E-state index in [2.05, 4.69) is 0 Å². The van der Waals surface area contributed by atoms with Crippen LogP contribution in [0.2, 0.25) is 5.02 Å². The molecular formula is C20H13ClN2. The largest absolute Gasteiger partial charge is 0.244 e. The van der Waals surface area contributed by atoms with Gasteiger partial charge in [0.1, 0.15) is 0 Å². The van der Waals surface area contributed by atoms with Crippen molar-refractivity contribution in [2.24, 2.45) is 0 Å². The van der Waals surface area contributed by atoms with E-state index in [-0.39, 0.29) is 0 Å². The molecule has 0 amide bonds. The maximum atomic E-state index is 6.16. The van der Waals surface area contributed by atoms with E-state index in [1.807, 2.05) is 78.9 Å². The van der Waals surface area contributed by atoms with Gasteiger partial charge in [0.05, 0.1) is 22.4 Å². The third-order valence-corrected chi connectivity index (χ3v) is 3.95. The molecule has 3 aromatic carbocycles. The number of para-hydroxylation sites is 2. The van der Waals surface area contributed by atoms with Gasteiger partial charge >= 0.3 is 0 Å². The van der Waals surface area contributed by atoms with Crippen LogP contribution in [0.25, 0.3) is 33.5 Å². The lowest BCUT2D eigenvalue weighted by Gasteiger charge is -2.10. The van der Waals surface area contributed by atoms with E-state index in [0.717, 1.165) is 33.5 Å². The van der Waals surface area contributed by atoms with Gasteiger partial charge in [-0.25, -0.2) is 9.97 Å². The Morgan fingerprint density at radius 3 is 1.78 bits per heavy atom. The van der Waals surface area contributed by atoms with Crippen molar-refractivity contribution < 1.29 is 0 Å². The molecule has 1 aromatic heterocycles. The van der Waals surface area contributed by atoms with Crippen molar-refractivity contribution in [3.05, 3.63) is 83.9 Å². The molecule has 0 aliphatic carbocycles. The third kappa shape index (κ3) is 2.69. The first kappa shape index (κ1) is 13.9. The van der Waals surface area contributed by atoms with E-state index in [1.54, 1.807) is 0 Å². The molecule has 0 atom stereocenters. The monoisotopic (exact) mass is 316 g/mol. The molecule has 0 aliphatic heterocycles. The lowest BCUT2D eigenvalue weighted by molar-refractivity contribution is 1.29. The standard InChI is InChI=1S/C20H13ClN2/c21-16-10-6-9-15(13-16)20-19(14-7-2-1-3-8-14)22-17-11-4-5-12-18(17)23-20/h1-13H. The molecule has 4 aromatic rings. The van der Waals surface area contributed by atoms with Crippen LogP contribution >= 0.6 is 11.6 Å². The smallest absolute Gasteiger partial charge is 0.0973 e. The van der Waals surface area contributed by atoms with Crippen molar-refractivity contribution in [1.82, 2.24) is 9.97 Å². The Kier molecular flexibility index (Phi) is 3.52. The summed E-state index contributed by atoms with van der Waals surface area (Å²) in [7, 11) is 0. The van der Waals surface area contributed by atoms with Gasteiger partial charge in [-0.3, -0.25) is 0 Å². The van der Waals surface area contributed by atoms with Gasteiger partial charge in [-0.05, 0) is 24.3 Å². The van der Waals surface area contributed by atoms with Crippen LogP contribution in [-0.2, 0) is 0 Å². The number of benzene rings is 3.